The van der Waals surface area contributed by atoms with Crippen molar-refractivity contribution in [2.45, 2.75) is 78.1 Å². The minimum Gasteiger partial charge on any atom is -0.465 e. The fourth-order valence-corrected chi connectivity index (χ4v) is 1.99. The molecular weight excluding hydrogens is 238 g/mol. The van der Waals surface area contributed by atoms with Crippen LogP contribution in [0.3, 0.4) is 0 Å². The molecule has 0 spiro atoms. The van der Waals surface area contributed by atoms with Crippen LogP contribution in [0.25, 0.3) is 0 Å². The average Bonchev–Trinajstić information content (AvgIpc) is 2.41. The topological polar surface area (TPSA) is 38.3 Å². The van der Waals surface area contributed by atoms with Crippen molar-refractivity contribution < 1.29 is 9.53 Å². The van der Waals surface area contributed by atoms with Crippen LogP contribution in [-0.2, 0) is 9.53 Å². The molecule has 19 heavy (non-hydrogen) atoms. The summed E-state index contributed by atoms with van der Waals surface area (Å²) in [5, 5.41) is 3.15. The summed E-state index contributed by atoms with van der Waals surface area (Å²) in [6.07, 6.45) is 12.3. The number of rotatable bonds is 14. The maximum Gasteiger partial charge on any atom is 0.319 e. The highest BCUT2D eigenvalue weighted by molar-refractivity contribution is 5.71. The van der Waals surface area contributed by atoms with Gasteiger partial charge < -0.3 is 10.1 Å². The highest BCUT2D eigenvalue weighted by Gasteiger charge is 2.01. The molecule has 0 fully saturated rings. The van der Waals surface area contributed by atoms with Crippen molar-refractivity contribution >= 4 is 5.97 Å². The second-order valence-electron chi connectivity index (χ2n) is 5.23. The van der Waals surface area contributed by atoms with E-state index in [4.69, 9.17) is 4.74 Å². The first-order valence-corrected chi connectivity index (χ1v) is 8.17. The lowest BCUT2D eigenvalue weighted by atomic mass is 10.1. The lowest BCUT2D eigenvalue weighted by Crippen LogP contribution is -2.25. The summed E-state index contributed by atoms with van der Waals surface area (Å²) in [5.74, 6) is -0.107. The molecule has 0 unspecified atom stereocenters. The molecule has 0 aliphatic heterocycles. The van der Waals surface area contributed by atoms with Crippen molar-refractivity contribution in [2.24, 2.45) is 0 Å². The van der Waals surface area contributed by atoms with Gasteiger partial charge in [0.1, 0.15) is 0 Å². The van der Waals surface area contributed by atoms with Crippen molar-refractivity contribution in [1.82, 2.24) is 5.32 Å². The van der Waals surface area contributed by atoms with Gasteiger partial charge >= 0.3 is 5.97 Å². The Kier molecular flexibility index (Phi) is 15.0. The summed E-state index contributed by atoms with van der Waals surface area (Å²) < 4.78 is 5.17. The number of carbonyl (C=O) groups is 1. The highest BCUT2D eigenvalue weighted by Crippen LogP contribution is 2.02. The zero-order chi connectivity index (χ0) is 14.2. The molecule has 0 aromatic carbocycles. The molecule has 0 aliphatic carbocycles. The second-order valence-corrected chi connectivity index (χ2v) is 5.23. The van der Waals surface area contributed by atoms with E-state index in [1.807, 2.05) is 0 Å². The first-order chi connectivity index (χ1) is 9.31. The van der Waals surface area contributed by atoms with E-state index in [1.54, 1.807) is 0 Å². The average molecular weight is 271 g/mol. The third kappa shape index (κ3) is 15.4. The Balaban J connectivity index is 3.13. The molecule has 114 valence electrons. The number of hydrogen-bond donors (Lipinski definition) is 1. The SMILES string of the molecule is CCCCCCCNCC(=O)OCCCCCCC. The zero-order valence-corrected chi connectivity index (χ0v) is 13.0. The minimum absolute atomic E-state index is 0.107. The smallest absolute Gasteiger partial charge is 0.319 e. The van der Waals surface area contributed by atoms with Gasteiger partial charge in [0.15, 0.2) is 0 Å². The lowest BCUT2D eigenvalue weighted by molar-refractivity contribution is -0.142. The van der Waals surface area contributed by atoms with E-state index in [2.05, 4.69) is 19.2 Å². The Bertz CT molecular complexity index is 195. The molecule has 0 bridgehead atoms. The highest BCUT2D eigenvalue weighted by atomic mass is 16.5. The maximum absolute atomic E-state index is 11.4. The Morgan fingerprint density at radius 1 is 0.842 bits per heavy atom. The lowest BCUT2D eigenvalue weighted by Gasteiger charge is -2.06. The van der Waals surface area contributed by atoms with E-state index in [9.17, 15) is 4.79 Å². The zero-order valence-electron chi connectivity index (χ0n) is 13.0. The van der Waals surface area contributed by atoms with Crippen LogP contribution in [0.2, 0.25) is 0 Å². The number of nitrogens with one attached hydrogen (secondary N) is 1. The monoisotopic (exact) mass is 271 g/mol. The van der Waals surface area contributed by atoms with Crippen molar-refractivity contribution in [3.63, 3.8) is 0 Å². The number of ether oxygens (including phenoxy) is 1. The summed E-state index contributed by atoms with van der Waals surface area (Å²) in [6.45, 7) is 6.29. The molecule has 0 aromatic rings. The van der Waals surface area contributed by atoms with Crippen LogP contribution in [0, 0.1) is 0 Å². The molecule has 3 nitrogen and oxygen atoms in total. The standard InChI is InChI=1S/C16H33NO2/c1-3-5-7-9-11-13-17-15-16(18)19-14-12-10-8-6-4-2/h17H,3-15H2,1-2H3. The summed E-state index contributed by atoms with van der Waals surface area (Å²) in [4.78, 5) is 11.4. The fraction of sp³-hybridized carbons (Fsp3) is 0.938. The molecule has 1 N–H and O–H groups in total. The molecule has 0 rings (SSSR count). The molecule has 0 aromatic heterocycles. The van der Waals surface area contributed by atoms with Crippen molar-refractivity contribution in [3.05, 3.63) is 0 Å². The molecule has 0 amide bonds. The molecule has 0 heterocycles. The third-order valence-corrected chi connectivity index (χ3v) is 3.24. The van der Waals surface area contributed by atoms with Crippen LogP contribution in [0.1, 0.15) is 78.1 Å². The summed E-state index contributed by atoms with van der Waals surface area (Å²) >= 11 is 0. The van der Waals surface area contributed by atoms with Crippen LogP contribution in [0.15, 0.2) is 0 Å². The summed E-state index contributed by atoms with van der Waals surface area (Å²) in [5.41, 5.74) is 0. The van der Waals surface area contributed by atoms with E-state index in [1.165, 1.54) is 51.4 Å². The van der Waals surface area contributed by atoms with Crippen LogP contribution in [0.5, 0.6) is 0 Å². The Morgan fingerprint density at radius 2 is 1.42 bits per heavy atom. The van der Waals surface area contributed by atoms with Gasteiger partial charge in [-0.25, -0.2) is 0 Å². The fourth-order valence-electron chi connectivity index (χ4n) is 1.99. The van der Waals surface area contributed by atoms with E-state index >= 15 is 0 Å². The quantitative estimate of drug-likeness (QED) is 0.382. The second kappa shape index (κ2) is 15.5. The molecule has 0 atom stereocenters. The van der Waals surface area contributed by atoms with Gasteiger partial charge in [-0.2, -0.15) is 0 Å². The Morgan fingerprint density at radius 3 is 2.05 bits per heavy atom. The number of esters is 1. The van der Waals surface area contributed by atoms with Gasteiger partial charge in [0.2, 0.25) is 0 Å². The van der Waals surface area contributed by atoms with Gasteiger partial charge in [-0.1, -0.05) is 65.2 Å². The summed E-state index contributed by atoms with van der Waals surface area (Å²) in [7, 11) is 0. The van der Waals surface area contributed by atoms with E-state index in [-0.39, 0.29) is 5.97 Å². The minimum atomic E-state index is -0.107. The number of hydrogen-bond acceptors (Lipinski definition) is 3. The molecule has 0 aliphatic rings. The van der Waals surface area contributed by atoms with Gasteiger partial charge in [0, 0.05) is 0 Å². The van der Waals surface area contributed by atoms with E-state index in [0.29, 0.717) is 13.2 Å². The first kappa shape index (κ1) is 18.4. The molecular formula is C16H33NO2. The van der Waals surface area contributed by atoms with Crippen molar-refractivity contribution in [1.29, 1.82) is 0 Å². The van der Waals surface area contributed by atoms with Crippen LogP contribution in [-0.4, -0.2) is 25.7 Å². The number of carbonyl (C=O) groups excluding carboxylic acids is 1. The molecule has 0 radical (unpaired) electrons. The molecule has 3 heteroatoms. The van der Waals surface area contributed by atoms with E-state index < -0.39 is 0 Å². The maximum atomic E-state index is 11.4. The van der Waals surface area contributed by atoms with Gasteiger partial charge in [-0.15, -0.1) is 0 Å². The third-order valence-electron chi connectivity index (χ3n) is 3.24. The van der Waals surface area contributed by atoms with Crippen molar-refractivity contribution in [3.8, 4) is 0 Å². The van der Waals surface area contributed by atoms with Crippen LogP contribution >= 0.6 is 0 Å². The van der Waals surface area contributed by atoms with Crippen LogP contribution < -0.4 is 5.32 Å². The number of unbranched alkanes of at least 4 members (excludes halogenated alkanes) is 8. The van der Waals surface area contributed by atoms with E-state index in [0.717, 1.165) is 19.4 Å². The molecule has 0 saturated heterocycles. The normalized spacial score (nSPS) is 10.6. The summed E-state index contributed by atoms with van der Waals surface area (Å²) in [6, 6.07) is 0. The van der Waals surface area contributed by atoms with Gasteiger partial charge in [0.25, 0.3) is 0 Å². The van der Waals surface area contributed by atoms with Crippen LogP contribution in [0.4, 0.5) is 0 Å². The molecule has 0 saturated carbocycles. The Labute approximate surface area is 119 Å². The predicted molar refractivity (Wildman–Crippen MR) is 81.3 cm³/mol. The largest absolute Gasteiger partial charge is 0.465 e. The predicted octanol–water partition coefficient (Wildman–Crippen LogP) is 4.06. The van der Waals surface area contributed by atoms with Gasteiger partial charge in [0.05, 0.1) is 13.2 Å². The van der Waals surface area contributed by atoms with Crippen molar-refractivity contribution in [2.75, 3.05) is 19.7 Å². The van der Waals surface area contributed by atoms with Gasteiger partial charge in [-0.05, 0) is 19.4 Å². The Hall–Kier alpha value is -0.570. The first-order valence-electron chi connectivity index (χ1n) is 8.17. The van der Waals surface area contributed by atoms with Gasteiger partial charge in [-0.3, -0.25) is 4.79 Å².